The molecule has 2 N–H and O–H groups in total. The Morgan fingerprint density at radius 3 is 2.41 bits per heavy atom. The molecule has 6 nitrogen and oxygen atoms in total. The topological polar surface area (TPSA) is 84.5 Å². The molecule has 2 aromatic carbocycles. The minimum atomic E-state index is -3.61. The molecular weight excluding hydrogens is 412 g/mol. The molecule has 0 fully saturated rings. The number of ether oxygens (including phenoxy) is 1. The number of anilines is 1. The lowest BCUT2D eigenvalue weighted by Crippen LogP contribution is -2.24. The van der Waals surface area contributed by atoms with Gasteiger partial charge in [0.15, 0.2) is 6.61 Å². The fraction of sp³-hybridized carbons (Fsp3) is 0.381. The predicted molar refractivity (Wildman–Crippen MR) is 116 cm³/mol. The first-order valence-electron chi connectivity index (χ1n) is 9.66. The van der Waals surface area contributed by atoms with Crippen LogP contribution in [0.5, 0.6) is 5.75 Å². The Balaban J connectivity index is 1.91. The number of unbranched alkanes of at least 4 members (excludes halogenated alkanes) is 1. The maximum atomic E-state index is 12.1. The van der Waals surface area contributed by atoms with Gasteiger partial charge in [-0.3, -0.25) is 4.79 Å². The minimum absolute atomic E-state index is 0.0518. The van der Waals surface area contributed by atoms with E-state index >= 15 is 0 Å². The van der Waals surface area contributed by atoms with Crippen LogP contribution in [0.25, 0.3) is 0 Å². The molecule has 0 aliphatic heterocycles. The van der Waals surface area contributed by atoms with Crippen LogP contribution in [0.3, 0.4) is 0 Å². The smallest absolute Gasteiger partial charge is 0.262 e. The third kappa shape index (κ3) is 7.34. The Bertz CT molecular complexity index is 915. The lowest BCUT2D eigenvalue weighted by atomic mass is 10.1. The number of halogens is 1. The number of nitrogens with one attached hydrogen (secondary N) is 2. The van der Waals surface area contributed by atoms with Crippen LogP contribution in [0.4, 0.5) is 5.69 Å². The van der Waals surface area contributed by atoms with E-state index in [2.05, 4.69) is 17.0 Å². The Morgan fingerprint density at radius 2 is 1.79 bits per heavy atom. The zero-order valence-corrected chi connectivity index (χ0v) is 18.3. The van der Waals surface area contributed by atoms with Crippen LogP contribution in [0.15, 0.2) is 47.4 Å². The lowest BCUT2D eigenvalue weighted by molar-refractivity contribution is -0.118. The Hall–Kier alpha value is -2.09. The fourth-order valence-electron chi connectivity index (χ4n) is 2.56. The highest BCUT2D eigenvalue weighted by Crippen LogP contribution is 2.27. The number of benzene rings is 2. The van der Waals surface area contributed by atoms with Gasteiger partial charge in [-0.15, -0.1) is 0 Å². The number of hydrogen-bond donors (Lipinski definition) is 2. The van der Waals surface area contributed by atoms with Crippen LogP contribution in [0.2, 0.25) is 5.02 Å². The second-order valence-corrected chi connectivity index (χ2v) is 8.80. The number of rotatable bonds is 11. The molecule has 0 bridgehead atoms. The molecule has 0 saturated carbocycles. The molecule has 0 aliphatic carbocycles. The van der Waals surface area contributed by atoms with Crippen molar-refractivity contribution in [2.24, 2.45) is 0 Å². The van der Waals surface area contributed by atoms with Gasteiger partial charge in [0.05, 0.1) is 9.92 Å². The van der Waals surface area contributed by atoms with Crippen LogP contribution in [-0.2, 0) is 21.2 Å². The van der Waals surface area contributed by atoms with Gasteiger partial charge in [-0.05, 0) is 55.2 Å². The summed E-state index contributed by atoms with van der Waals surface area (Å²) in [5, 5.41) is 2.88. The summed E-state index contributed by atoms with van der Waals surface area (Å²) in [6.45, 7) is 4.13. The predicted octanol–water partition coefficient (Wildman–Crippen LogP) is 4.39. The van der Waals surface area contributed by atoms with Gasteiger partial charge in [-0.1, -0.05) is 44.0 Å². The lowest BCUT2D eigenvalue weighted by Gasteiger charge is -2.11. The molecule has 29 heavy (non-hydrogen) atoms. The average molecular weight is 439 g/mol. The van der Waals surface area contributed by atoms with Crippen molar-refractivity contribution >= 4 is 33.2 Å². The van der Waals surface area contributed by atoms with Crippen molar-refractivity contribution in [2.75, 3.05) is 18.5 Å². The zero-order chi connectivity index (χ0) is 21.3. The highest BCUT2D eigenvalue weighted by Gasteiger charge is 2.16. The maximum Gasteiger partial charge on any atom is 0.262 e. The van der Waals surface area contributed by atoms with E-state index in [9.17, 15) is 13.2 Å². The van der Waals surface area contributed by atoms with E-state index in [1.165, 1.54) is 23.8 Å². The molecule has 2 rings (SSSR count). The number of aryl methyl sites for hydroxylation is 1. The molecular formula is C21H27ClN2O4S. The number of carbonyl (C=O) groups is 1. The van der Waals surface area contributed by atoms with E-state index in [1.807, 2.05) is 31.2 Å². The molecule has 0 heterocycles. The average Bonchev–Trinajstić information content (AvgIpc) is 2.71. The second-order valence-electron chi connectivity index (χ2n) is 6.63. The van der Waals surface area contributed by atoms with Crippen LogP contribution in [-0.4, -0.2) is 27.5 Å². The molecule has 0 unspecified atom stereocenters. The molecule has 158 valence electrons. The summed E-state index contributed by atoms with van der Waals surface area (Å²) >= 11 is 6.12. The SMILES string of the molecule is CCCCc1ccc(NC(=O)COc2ccc(S(=O)(=O)NCCC)cc2Cl)cc1. The van der Waals surface area contributed by atoms with Crippen molar-refractivity contribution in [1.82, 2.24) is 4.72 Å². The fourth-order valence-corrected chi connectivity index (χ4v) is 4.02. The van der Waals surface area contributed by atoms with E-state index in [0.717, 1.165) is 19.3 Å². The number of carbonyl (C=O) groups excluding carboxylic acids is 1. The normalized spacial score (nSPS) is 11.3. The first kappa shape index (κ1) is 23.2. The summed E-state index contributed by atoms with van der Waals surface area (Å²) in [7, 11) is -3.61. The number of amides is 1. The summed E-state index contributed by atoms with van der Waals surface area (Å²) in [5.74, 6) is -0.0881. The Labute approximate surface area is 177 Å². The highest BCUT2D eigenvalue weighted by molar-refractivity contribution is 7.89. The molecule has 8 heteroatoms. The standard InChI is InChI=1S/C21H27ClN2O4S/c1-3-5-6-16-7-9-17(10-8-16)24-21(25)15-28-20-12-11-18(14-19(20)22)29(26,27)23-13-4-2/h7-12,14,23H,3-6,13,15H2,1-2H3,(H,24,25). The maximum absolute atomic E-state index is 12.1. The zero-order valence-electron chi connectivity index (χ0n) is 16.7. The molecule has 0 saturated heterocycles. The highest BCUT2D eigenvalue weighted by atomic mass is 35.5. The van der Waals surface area contributed by atoms with Gasteiger partial charge in [-0.2, -0.15) is 0 Å². The van der Waals surface area contributed by atoms with Crippen molar-refractivity contribution in [3.63, 3.8) is 0 Å². The quantitative estimate of drug-likeness (QED) is 0.545. The van der Waals surface area contributed by atoms with Crippen LogP contribution >= 0.6 is 11.6 Å². The Kier molecular flexibility index (Phi) is 8.95. The van der Waals surface area contributed by atoms with Crippen molar-refractivity contribution in [3.8, 4) is 5.75 Å². The van der Waals surface area contributed by atoms with Gasteiger partial charge in [0.1, 0.15) is 5.75 Å². The van der Waals surface area contributed by atoms with Gasteiger partial charge in [0.25, 0.3) is 5.91 Å². The van der Waals surface area contributed by atoms with Crippen molar-refractivity contribution in [3.05, 3.63) is 53.1 Å². The van der Waals surface area contributed by atoms with Crippen molar-refractivity contribution in [1.29, 1.82) is 0 Å². The minimum Gasteiger partial charge on any atom is -0.482 e. The first-order chi connectivity index (χ1) is 13.9. The van der Waals surface area contributed by atoms with Gasteiger partial charge in [-0.25, -0.2) is 13.1 Å². The van der Waals surface area contributed by atoms with Crippen LogP contribution in [0, 0.1) is 0 Å². The van der Waals surface area contributed by atoms with Crippen LogP contribution < -0.4 is 14.8 Å². The van der Waals surface area contributed by atoms with Gasteiger partial charge < -0.3 is 10.1 Å². The van der Waals surface area contributed by atoms with E-state index < -0.39 is 10.0 Å². The molecule has 0 atom stereocenters. The first-order valence-corrected chi connectivity index (χ1v) is 11.5. The van der Waals surface area contributed by atoms with E-state index in [0.29, 0.717) is 18.7 Å². The summed E-state index contributed by atoms with van der Waals surface area (Å²) in [6.07, 6.45) is 3.98. The summed E-state index contributed by atoms with van der Waals surface area (Å²) in [4.78, 5) is 12.2. The van der Waals surface area contributed by atoms with Gasteiger partial charge in [0, 0.05) is 12.2 Å². The summed E-state index contributed by atoms with van der Waals surface area (Å²) < 4.78 is 32.2. The molecule has 1 amide bonds. The molecule has 0 radical (unpaired) electrons. The summed E-state index contributed by atoms with van der Waals surface area (Å²) in [5.41, 5.74) is 1.92. The Morgan fingerprint density at radius 1 is 1.07 bits per heavy atom. The number of hydrogen-bond acceptors (Lipinski definition) is 4. The monoisotopic (exact) mass is 438 g/mol. The third-order valence-electron chi connectivity index (χ3n) is 4.17. The second kappa shape index (κ2) is 11.2. The third-order valence-corrected chi connectivity index (χ3v) is 5.93. The van der Waals surface area contributed by atoms with Crippen molar-refractivity contribution in [2.45, 2.75) is 44.4 Å². The molecule has 0 aromatic heterocycles. The van der Waals surface area contributed by atoms with Gasteiger partial charge >= 0.3 is 0 Å². The molecule has 0 spiro atoms. The summed E-state index contributed by atoms with van der Waals surface area (Å²) in [6, 6.07) is 11.9. The van der Waals surface area contributed by atoms with E-state index in [-0.39, 0.29) is 28.2 Å². The van der Waals surface area contributed by atoms with Gasteiger partial charge in [0.2, 0.25) is 10.0 Å². The van der Waals surface area contributed by atoms with Crippen molar-refractivity contribution < 1.29 is 17.9 Å². The molecule has 2 aromatic rings. The number of sulfonamides is 1. The van der Waals surface area contributed by atoms with Crippen LogP contribution in [0.1, 0.15) is 38.7 Å². The largest absolute Gasteiger partial charge is 0.482 e. The van der Waals surface area contributed by atoms with E-state index in [4.69, 9.17) is 16.3 Å². The molecule has 0 aliphatic rings. The van der Waals surface area contributed by atoms with E-state index in [1.54, 1.807) is 0 Å².